The Balaban J connectivity index is 1.63. The van der Waals surface area contributed by atoms with Gasteiger partial charge < -0.3 is 14.5 Å². The van der Waals surface area contributed by atoms with Crippen LogP contribution in [0.25, 0.3) is 5.65 Å². The lowest BCUT2D eigenvalue weighted by Crippen LogP contribution is -2.14. The van der Waals surface area contributed by atoms with E-state index < -0.39 is 0 Å². The van der Waals surface area contributed by atoms with E-state index in [1.165, 1.54) is 0 Å². The molecule has 5 nitrogen and oxygen atoms in total. The van der Waals surface area contributed by atoms with Crippen LogP contribution in [0.3, 0.4) is 0 Å². The van der Waals surface area contributed by atoms with Gasteiger partial charge in [0.05, 0.1) is 18.7 Å². The number of carbonyl (C=O) groups excluding carboxylic acids is 1. The zero-order valence-electron chi connectivity index (χ0n) is 12.3. The fourth-order valence-corrected chi connectivity index (χ4v) is 2.25. The highest BCUT2D eigenvalue weighted by Gasteiger charge is 2.05. The first-order valence-corrected chi connectivity index (χ1v) is 7.19. The summed E-state index contributed by atoms with van der Waals surface area (Å²) < 4.78 is 7.25. The summed E-state index contributed by atoms with van der Waals surface area (Å²) >= 11 is 0. The molecular weight excluding hydrogens is 278 g/mol. The van der Waals surface area contributed by atoms with Crippen LogP contribution >= 0.6 is 0 Å². The third-order valence-electron chi connectivity index (χ3n) is 3.27. The van der Waals surface area contributed by atoms with Gasteiger partial charge in [0.1, 0.15) is 11.4 Å². The molecule has 2 aromatic heterocycles. The van der Waals surface area contributed by atoms with Crippen LogP contribution in [0.1, 0.15) is 12.5 Å². The normalized spacial score (nSPS) is 10.6. The number of nitrogens with zero attached hydrogens (tertiary/aromatic N) is 2. The molecular formula is C17H17N3O2. The van der Waals surface area contributed by atoms with E-state index in [1.54, 1.807) is 6.20 Å². The van der Waals surface area contributed by atoms with Crippen molar-refractivity contribution in [1.29, 1.82) is 0 Å². The molecule has 0 spiro atoms. The molecule has 2 heterocycles. The zero-order valence-corrected chi connectivity index (χ0v) is 12.3. The molecule has 3 rings (SSSR count). The van der Waals surface area contributed by atoms with E-state index in [2.05, 4.69) is 10.3 Å². The second-order valence-electron chi connectivity index (χ2n) is 4.91. The monoisotopic (exact) mass is 295 g/mol. The Hall–Kier alpha value is -2.82. The lowest BCUT2D eigenvalue weighted by molar-refractivity contribution is -0.115. The molecule has 0 saturated heterocycles. The minimum atomic E-state index is -0.0522. The molecule has 5 heteroatoms. The summed E-state index contributed by atoms with van der Waals surface area (Å²) in [6.07, 6.45) is 5.74. The van der Waals surface area contributed by atoms with Gasteiger partial charge in [0.25, 0.3) is 0 Å². The fraction of sp³-hybridized carbons (Fsp3) is 0.176. The summed E-state index contributed by atoms with van der Waals surface area (Å²) in [5.74, 6) is 0.765. The van der Waals surface area contributed by atoms with Crippen molar-refractivity contribution in [1.82, 2.24) is 9.38 Å². The molecule has 3 aromatic rings. The molecule has 0 unspecified atom stereocenters. The Labute approximate surface area is 128 Å². The maximum absolute atomic E-state index is 12.1. The van der Waals surface area contributed by atoms with Crippen molar-refractivity contribution in [2.45, 2.75) is 13.3 Å². The van der Waals surface area contributed by atoms with Gasteiger partial charge in [-0.3, -0.25) is 4.79 Å². The van der Waals surface area contributed by atoms with Crippen molar-refractivity contribution >= 4 is 17.2 Å². The van der Waals surface area contributed by atoms with Crippen LogP contribution in [0.15, 0.2) is 55.0 Å². The molecule has 0 bridgehead atoms. The molecule has 0 aliphatic rings. The van der Waals surface area contributed by atoms with E-state index in [0.29, 0.717) is 13.0 Å². The largest absolute Gasteiger partial charge is 0.494 e. The van der Waals surface area contributed by atoms with Gasteiger partial charge in [0.2, 0.25) is 5.91 Å². The number of rotatable bonds is 5. The highest BCUT2D eigenvalue weighted by molar-refractivity contribution is 5.92. The number of ether oxygens (including phenoxy) is 1. The Morgan fingerprint density at radius 3 is 2.82 bits per heavy atom. The van der Waals surface area contributed by atoms with Crippen LogP contribution in [0, 0.1) is 0 Å². The topological polar surface area (TPSA) is 55.6 Å². The number of pyridine rings is 1. The highest BCUT2D eigenvalue weighted by atomic mass is 16.5. The van der Waals surface area contributed by atoms with Crippen molar-refractivity contribution in [3.63, 3.8) is 0 Å². The van der Waals surface area contributed by atoms with Gasteiger partial charge in [-0.1, -0.05) is 12.1 Å². The second kappa shape index (κ2) is 6.30. The summed E-state index contributed by atoms with van der Waals surface area (Å²) in [6.45, 7) is 2.58. The molecule has 112 valence electrons. The summed E-state index contributed by atoms with van der Waals surface area (Å²) in [6, 6.07) is 11.3. The van der Waals surface area contributed by atoms with E-state index in [9.17, 15) is 4.79 Å². The predicted molar refractivity (Wildman–Crippen MR) is 85.1 cm³/mol. The third kappa shape index (κ3) is 3.25. The number of benzene rings is 1. The van der Waals surface area contributed by atoms with Crippen LogP contribution in [0.4, 0.5) is 5.69 Å². The quantitative estimate of drug-likeness (QED) is 0.787. The first-order chi connectivity index (χ1) is 10.7. The number of nitrogens with one attached hydrogen (secondary N) is 1. The molecule has 0 atom stereocenters. The van der Waals surface area contributed by atoms with Gasteiger partial charge in [0, 0.05) is 18.6 Å². The van der Waals surface area contributed by atoms with Crippen LogP contribution in [0.5, 0.6) is 5.75 Å². The number of aromatic nitrogens is 2. The molecule has 1 amide bonds. The molecule has 0 saturated carbocycles. The summed E-state index contributed by atoms with van der Waals surface area (Å²) in [5.41, 5.74) is 2.55. The van der Waals surface area contributed by atoms with Crippen molar-refractivity contribution in [2.24, 2.45) is 0 Å². The average Bonchev–Trinajstić information content (AvgIpc) is 2.97. The molecule has 22 heavy (non-hydrogen) atoms. The van der Waals surface area contributed by atoms with E-state index in [1.807, 2.05) is 60.1 Å². The molecule has 1 aromatic carbocycles. The minimum Gasteiger partial charge on any atom is -0.494 e. The number of fused-ring (bicyclic) bond motifs is 1. The van der Waals surface area contributed by atoms with Gasteiger partial charge in [0.15, 0.2) is 0 Å². The summed E-state index contributed by atoms with van der Waals surface area (Å²) in [4.78, 5) is 16.3. The predicted octanol–water partition coefficient (Wildman–Crippen LogP) is 2.91. The Kier molecular flexibility index (Phi) is 4.05. The second-order valence-corrected chi connectivity index (χ2v) is 4.91. The minimum absolute atomic E-state index is 0.0522. The number of anilines is 1. The van der Waals surface area contributed by atoms with E-state index in [-0.39, 0.29) is 5.91 Å². The summed E-state index contributed by atoms with van der Waals surface area (Å²) in [7, 11) is 0. The lowest BCUT2D eigenvalue weighted by Gasteiger charge is -2.07. The van der Waals surface area contributed by atoms with Crippen molar-refractivity contribution in [3.05, 3.63) is 60.6 Å². The maximum atomic E-state index is 12.1. The first-order valence-electron chi connectivity index (χ1n) is 7.19. The number of hydrogen-bond acceptors (Lipinski definition) is 3. The molecule has 1 N–H and O–H groups in total. The van der Waals surface area contributed by atoms with Gasteiger partial charge in [-0.2, -0.15) is 0 Å². The van der Waals surface area contributed by atoms with Crippen molar-refractivity contribution in [2.75, 3.05) is 11.9 Å². The van der Waals surface area contributed by atoms with Crippen LogP contribution in [-0.4, -0.2) is 21.9 Å². The number of carbonyl (C=O) groups is 1. The van der Waals surface area contributed by atoms with Gasteiger partial charge in [-0.05, 0) is 36.8 Å². The fourth-order valence-electron chi connectivity index (χ4n) is 2.25. The number of amides is 1. The van der Waals surface area contributed by atoms with Crippen LogP contribution in [0.2, 0.25) is 0 Å². The number of hydrogen-bond donors (Lipinski definition) is 1. The Morgan fingerprint density at radius 2 is 2.05 bits per heavy atom. The molecule has 0 radical (unpaired) electrons. The Morgan fingerprint density at radius 1 is 1.23 bits per heavy atom. The third-order valence-corrected chi connectivity index (χ3v) is 3.27. The average molecular weight is 295 g/mol. The molecule has 0 aliphatic heterocycles. The summed E-state index contributed by atoms with van der Waals surface area (Å²) in [5, 5.41) is 2.89. The smallest absolute Gasteiger partial charge is 0.228 e. The van der Waals surface area contributed by atoms with Gasteiger partial charge in [-0.15, -0.1) is 0 Å². The lowest BCUT2D eigenvalue weighted by atomic mass is 10.1. The van der Waals surface area contributed by atoms with E-state index >= 15 is 0 Å². The van der Waals surface area contributed by atoms with Crippen LogP contribution in [-0.2, 0) is 11.2 Å². The standard InChI is InChI=1S/C17H17N3O2/c1-2-22-15-6-3-13(4-7-15)11-17(21)19-14-5-8-16-18-9-10-20(16)12-14/h3-10,12H,2,11H2,1H3,(H,19,21). The molecule has 0 fully saturated rings. The SMILES string of the molecule is CCOc1ccc(CC(=O)Nc2ccc3nccn3c2)cc1. The van der Waals surface area contributed by atoms with Crippen molar-refractivity contribution < 1.29 is 9.53 Å². The van der Waals surface area contributed by atoms with E-state index in [4.69, 9.17) is 4.74 Å². The maximum Gasteiger partial charge on any atom is 0.228 e. The van der Waals surface area contributed by atoms with Gasteiger partial charge >= 0.3 is 0 Å². The van der Waals surface area contributed by atoms with Crippen LogP contribution < -0.4 is 10.1 Å². The molecule has 0 aliphatic carbocycles. The Bertz CT molecular complexity index is 778. The highest BCUT2D eigenvalue weighted by Crippen LogP contribution is 2.14. The zero-order chi connectivity index (χ0) is 15.4. The van der Waals surface area contributed by atoms with Crippen molar-refractivity contribution in [3.8, 4) is 5.75 Å². The van der Waals surface area contributed by atoms with Gasteiger partial charge in [-0.25, -0.2) is 4.98 Å². The van der Waals surface area contributed by atoms with E-state index in [0.717, 1.165) is 22.6 Å². The first kappa shape index (κ1) is 14.1. The number of imidazole rings is 1.